The number of hydrogen-bond donors (Lipinski definition) is 0. The van der Waals surface area contributed by atoms with E-state index in [4.69, 9.17) is 9.30 Å². The van der Waals surface area contributed by atoms with Gasteiger partial charge in [0, 0.05) is 14.4 Å². The zero-order valence-corrected chi connectivity index (χ0v) is 12.6. The fourth-order valence-corrected chi connectivity index (χ4v) is 0.960. The van der Waals surface area contributed by atoms with E-state index in [0.717, 1.165) is 0 Å². The van der Waals surface area contributed by atoms with E-state index < -0.39 is 8.07 Å². The van der Waals surface area contributed by atoms with Crippen LogP contribution < -0.4 is 0 Å². The first-order chi connectivity index (χ1) is 8.06. The van der Waals surface area contributed by atoms with Crippen LogP contribution in [-0.2, 0) is 31.2 Å². The van der Waals surface area contributed by atoms with Crippen LogP contribution >= 0.6 is 0 Å². The fourth-order valence-electron chi connectivity index (χ4n) is 0.534. The quantitative estimate of drug-likeness (QED) is 0.292. The van der Waals surface area contributed by atoms with Crippen molar-refractivity contribution in [2.45, 2.75) is 19.6 Å². The molecule has 0 N–H and O–H groups in total. The topological polar surface area (TPSA) is 56.9 Å². The third-order valence-electron chi connectivity index (χ3n) is 1.04. The van der Waals surface area contributed by atoms with Crippen molar-refractivity contribution in [3.8, 4) is 11.5 Å². The molecule has 1 saturated carbocycles. The minimum atomic E-state index is -1.30. The van der Waals surface area contributed by atoms with Gasteiger partial charge < -0.3 is 10.3 Å². The molecule has 1 fully saturated rings. The van der Waals surface area contributed by atoms with Crippen LogP contribution in [0.5, 0.6) is 0 Å². The first-order valence-corrected chi connectivity index (χ1v) is 8.03. The standard InChI is InChI=1S/C6H9OSi.C5H5.2CO.Fe/c1-8(2,3)6-4-5-7;1-2-4-5-3-1;2*1-2;/h1-3H3;1-5H;;;/q-1;;;;+2. The van der Waals surface area contributed by atoms with E-state index in [9.17, 15) is 4.79 Å². The van der Waals surface area contributed by atoms with Gasteiger partial charge in [-0.05, 0) is 32.1 Å². The molecule has 5 radical (unpaired) electrons. The average Bonchev–Trinajstić information content (AvgIpc) is 2.89. The Morgan fingerprint density at radius 1 is 0.944 bits per heavy atom. The van der Waals surface area contributed by atoms with Gasteiger partial charge >= 0.3 is 39.7 Å². The maximum absolute atomic E-state index is 9.58. The first-order valence-electron chi connectivity index (χ1n) is 4.53. The second-order valence-electron chi connectivity index (χ2n) is 3.56. The van der Waals surface area contributed by atoms with Crippen molar-refractivity contribution >= 4 is 14.4 Å². The molecule has 0 heterocycles. The van der Waals surface area contributed by atoms with Crippen molar-refractivity contribution in [1.29, 1.82) is 0 Å². The summed E-state index contributed by atoms with van der Waals surface area (Å²) in [6.07, 6.45) is 11.5. The third-order valence-corrected chi connectivity index (χ3v) is 1.92. The van der Waals surface area contributed by atoms with Crippen LogP contribution in [0.25, 0.3) is 0 Å². The molecule has 0 unspecified atom stereocenters. The molecule has 1 rings (SSSR count). The summed E-state index contributed by atoms with van der Waals surface area (Å²) in [7, 11) is -1.30. The second kappa shape index (κ2) is 21.7. The molecule has 0 aromatic heterocycles. The van der Waals surface area contributed by atoms with Crippen molar-refractivity contribution in [3.63, 3.8) is 0 Å². The normalized spacial score (nSPS) is 11.1. The van der Waals surface area contributed by atoms with Gasteiger partial charge in [-0.1, -0.05) is 19.6 Å². The molecule has 0 aromatic rings. The smallest absolute Gasteiger partial charge is 0.0312 e. The summed E-state index contributed by atoms with van der Waals surface area (Å²) in [6.45, 7) is 15.2. The summed E-state index contributed by atoms with van der Waals surface area (Å²) in [5.74, 6) is 2.29. The van der Waals surface area contributed by atoms with Crippen molar-refractivity contribution in [2.75, 3.05) is 0 Å². The number of rotatable bonds is 0. The van der Waals surface area contributed by atoms with E-state index in [0.29, 0.717) is 0 Å². The molecule has 95 valence electrons. The van der Waals surface area contributed by atoms with Crippen LogP contribution in [0.2, 0.25) is 19.6 Å². The van der Waals surface area contributed by atoms with Gasteiger partial charge in [-0.25, -0.2) is 0 Å². The molecule has 18 heavy (non-hydrogen) atoms. The molecular formula is C13H14FeO3Si+. The largest absolute Gasteiger partial charge is 2.00 e. The summed E-state index contributed by atoms with van der Waals surface area (Å²) < 4.78 is 15.0. The molecule has 0 aliphatic heterocycles. The van der Waals surface area contributed by atoms with Gasteiger partial charge in [0.25, 0.3) is 0 Å². The third kappa shape index (κ3) is 36.1. The van der Waals surface area contributed by atoms with Crippen molar-refractivity contribution < 1.29 is 31.2 Å². The van der Waals surface area contributed by atoms with Crippen molar-refractivity contribution in [3.05, 3.63) is 45.4 Å². The Hall–Kier alpha value is -0.554. The van der Waals surface area contributed by atoms with E-state index in [1.165, 1.54) is 0 Å². The van der Waals surface area contributed by atoms with Crippen LogP contribution in [0, 0.1) is 56.9 Å². The van der Waals surface area contributed by atoms with Crippen LogP contribution in [0.1, 0.15) is 0 Å². The van der Waals surface area contributed by atoms with Gasteiger partial charge in [-0.15, -0.1) is 0 Å². The fraction of sp³-hybridized carbons (Fsp3) is 0.231. The van der Waals surface area contributed by atoms with E-state index in [1.54, 1.807) is 6.29 Å². The Kier molecular flexibility index (Phi) is 31.5. The summed E-state index contributed by atoms with van der Waals surface area (Å²) in [4.78, 5) is 9.58. The van der Waals surface area contributed by atoms with Crippen LogP contribution in [0.3, 0.4) is 0 Å². The van der Waals surface area contributed by atoms with E-state index in [1.807, 2.05) is 32.1 Å². The van der Waals surface area contributed by atoms with Crippen molar-refractivity contribution in [2.24, 2.45) is 0 Å². The molecule has 3 nitrogen and oxygen atoms in total. The maximum Gasteiger partial charge on any atom is 2.00 e. The van der Waals surface area contributed by atoms with E-state index in [2.05, 4.69) is 44.4 Å². The summed E-state index contributed by atoms with van der Waals surface area (Å²) in [5, 5.41) is 0. The van der Waals surface area contributed by atoms with Crippen LogP contribution in [0.4, 0.5) is 0 Å². The Balaban J connectivity index is -0.0000000847. The summed E-state index contributed by atoms with van der Waals surface area (Å²) in [5.41, 5.74) is 2.84. The van der Waals surface area contributed by atoms with E-state index >= 15 is 0 Å². The molecule has 0 amide bonds. The van der Waals surface area contributed by atoms with Gasteiger partial charge in [-0.3, -0.25) is 5.92 Å². The monoisotopic (exact) mass is 302 g/mol. The van der Waals surface area contributed by atoms with Crippen LogP contribution in [0.15, 0.2) is 0 Å². The molecule has 1 aliphatic rings. The minimum Gasteiger partial charge on any atom is -0.0312 e. The Morgan fingerprint density at radius 3 is 1.33 bits per heavy atom. The molecule has 5 heteroatoms. The minimum absolute atomic E-state index is 0. The van der Waals surface area contributed by atoms with Crippen LogP contribution in [-0.4, -0.2) is 14.4 Å². The number of carbonyl (C=O) groups excluding carboxylic acids is 1. The molecule has 0 spiro atoms. The van der Waals surface area contributed by atoms with Gasteiger partial charge in [0.1, 0.15) is 0 Å². The van der Waals surface area contributed by atoms with Gasteiger partial charge in [-0.2, -0.15) is 0 Å². The maximum atomic E-state index is 9.58. The predicted molar refractivity (Wildman–Crippen MR) is 66.2 cm³/mol. The second-order valence-corrected chi connectivity index (χ2v) is 8.31. The van der Waals surface area contributed by atoms with Gasteiger partial charge in [0.05, 0.1) is 0 Å². The van der Waals surface area contributed by atoms with Crippen molar-refractivity contribution in [1.82, 2.24) is 0 Å². The zero-order valence-electron chi connectivity index (χ0n) is 10.5. The van der Waals surface area contributed by atoms with Gasteiger partial charge in [0.15, 0.2) is 0 Å². The Morgan fingerprint density at radius 2 is 1.22 bits per heavy atom. The Labute approximate surface area is 122 Å². The average molecular weight is 302 g/mol. The number of hydrogen-bond acceptors (Lipinski definition) is 1. The SMILES string of the molecule is C[Si](C)(C)C#C[C-]=O.[C-]#[O+].[C-]#[O+].[CH]1[CH][CH][CH][CH]1.[Fe+2]. The molecule has 1 aliphatic carbocycles. The molecule has 0 saturated heterocycles. The zero-order chi connectivity index (χ0) is 14.2. The van der Waals surface area contributed by atoms with E-state index in [-0.39, 0.29) is 17.1 Å². The summed E-state index contributed by atoms with van der Waals surface area (Å²) >= 11 is 0. The molecule has 0 atom stereocenters. The first kappa shape index (κ1) is 26.1. The molecule has 0 aromatic carbocycles. The Bertz CT molecular complexity index is 251. The summed E-state index contributed by atoms with van der Waals surface area (Å²) in [6, 6.07) is 0. The predicted octanol–water partition coefficient (Wildman–Crippen LogP) is 1.92. The van der Waals surface area contributed by atoms with Gasteiger partial charge in [0.2, 0.25) is 0 Å². The molecule has 0 bridgehead atoms. The molecular weight excluding hydrogens is 288 g/mol.